The van der Waals surface area contributed by atoms with Crippen LogP contribution in [0.25, 0.3) is 12.2 Å². The van der Waals surface area contributed by atoms with E-state index in [1.807, 2.05) is 36.4 Å². The molecule has 0 N–H and O–H groups in total. The van der Waals surface area contributed by atoms with Crippen molar-refractivity contribution in [3.05, 3.63) is 46.5 Å². The molecular weight excluding hydrogens is 448 g/mol. The highest BCUT2D eigenvalue weighted by atomic mass is 16.5. The Morgan fingerprint density at radius 1 is 0.657 bits per heavy atom. The minimum Gasteiger partial charge on any atom is -0.493 e. The van der Waals surface area contributed by atoms with Crippen LogP contribution in [0, 0.1) is 5.92 Å². The number of benzene rings is 2. The molecule has 1 fully saturated rings. The van der Waals surface area contributed by atoms with Gasteiger partial charge in [0.15, 0.2) is 28.8 Å². The number of rotatable bonds is 9. The molecule has 1 aliphatic carbocycles. The predicted molar refractivity (Wildman–Crippen MR) is 136 cm³/mol. The number of methoxy groups -OCH3 is 6. The first-order valence-electron chi connectivity index (χ1n) is 11.5. The van der Waals surface area contributed by atoms with E-state index in [9.17, 15) is 4.79 Å². The largest absolute Gasteiger partial charge is 0.493 e. The molecule has 0 unspecified atom stereocenters. The van der Waals surface area contributed by atoms with Crippen molar-refractivity contribution < 1.29 is 33.2 Å². The van der Waals surface area contributed by atoms with Gasteiger partial charge in [-0.2, -0.15) is 0 Å². The Balaban J connectivity index is 2.06. The van der Waals surface area contributed by atoms with E-state index in [4.69, 9.17) is 28.4 Å². The van der Waals surface area contributed by atoms with Crippen molar-refractivity contribution in [2.45, 2.75) is 26.2 Å². The lowest BCUT2D eigenvalue weighted by Crippen LogP contribution is -2.19. The molecule has 0 atom stereocenters. The summed E-state index contributed by atoms with van der Waals surface area (Å²) >= 11 is 0. The van der Waals surface area contributed by atoms with Crippen molar-refractivity contribution in [1.29, 1.82) is 0 Å². The lowest BCUT2D eigenvalue weighted by molar-refractivity contribution is -0.113. The maximum Gasteiger partial charge on any atom is 0.203 e. The molecule has 7 nitrogen and oxygen atoms in total. The summed E-state index contributed by atoms with van der Waals surface area (Å²) < 4.78 is 32.7. The van der Waals surface area contributed by atoms with E-state index >= 15 is 0 Å². The summed E-state index contributed by atoms with van der Waals surface area (Å²) in [6, 6.07) is 7.39. The first-order chi connectivity index (χ1) is 16.9. The van der Waals surface area contributed by atoms with Crippen molar-refractivity contribution in [2.75, 3.05) is 42.7 Å². The third-order valence-electron chi connectivity index (χ3n) is 6.23. The van der Waals surface area contributed by atoms with E-state index < -0.39 is 0 Å². The van der Waals surface area contributed by atoms with E-state index in [1.54, 1.807) is 42.7 Å². The Morgan fingerprint density at radius 3 is 1.26 bits per heavy atom. The SMILES string of the molecule is CCC1CC(=Cc2cc(OC)c(OC)c(OC)c2)C(=O)C(=Cc2cc(OC)c(OC)c(OC)c2)C1. The van der Waals surface area contributed by atoms with Gasteiger partial charge in [0.05, 0.1) is 42.7 Å². The van der Waals surface area contributed by atoms with E-state index in [1.165, 1.54) is 0 Å². The molecule has 0 spiro atoms. The summed E-state index contributed by atoms with van der Waals surface area (Å²) in [7, 11) is 9.43. The number of hydrogen-bond acceptors (Lipinski definition) is 7. The van der Waals surface area contributed by atoms with Gasteiger partial charge >= 0.3 is 0 Å². The van der Waals surface area contributed by atoms with Gasteiger partial charge < -0.3 is 28.4 Å². The van der Waals surface area contributed by atoms with E-state index in [-0.39, 0.29) is 5.78 Å². The average Bonchev–Trinajstić information content (AvgIpc) is 2.89. The molecule has 3 rings (SSSR count). The van der Waals surface area contributed by atoms with Crippen LogP contribution in [0.3, 0.4) is 0 Å². The number of carbonyl (C=O) groups excluding carboxylic acids is 1. The highest BCUT2D eigenvalue weighted by Crippen LogP contribution is 2.42. The highest BCUT2D eigenvalue weighted by molar-refractivity contribution is 6.14. The van der Waals surface area contributed by atoms with Crippen molar-refractivity contribution in [3.63, 3.8) is 0 Å². The van der Waals surface area contributed by atoms with E-state index in [0.29, 0.717) is 53.3 Å². The normalized spacial score (nSPS) is 17.9. The predicted octanol–water partition coefficient (Wildman–Crippen LogP) is 5.59. The van der Waals surface area contributed by atoms with Crippen LogP contribution in [0.4, 0.5) is 0 Å². The number of carbonyl (C=O) groups is 1. The van der Waals surface area contributed by atoms with Crippen molar-refractivity contribution >= 4 is 17.9 Å². The van der Waals surface area contributed by atoms with Crippen molar-refractivity contribution in [1.82, 2.24) is 0 Å². The van der Waals surface area contributed by atoms with Crippen LogP contribution in [0.15, 0.2) is 35.4 Å². The number of Topliss-reactive ketones (excluding diaryl/α,β-unsaturated/α-hetero) is 1. The van der Waals surface area contributed by atoms with Gasteiger partial charge in [-0.3, -0.25) is 4.79 Å². The fraction of sp³-hybridized carbons (Fsp3) is 0.393. The van der Waals surface area contributed by atoms with Crippen LogP contribution in [-0.2, 0) is 4.79 Å². The monoisotopic (exact) mass is 482 g/mol. The van der Waals surface area contributed by atoms with Gasteiger partial charge in [0.2, 0.25) is 11.5 Å². The zero-order valence-electron chi connectivity index (χ0n) is 21.5. The summed E-state index contributed by atoms with van der Waals surface area (Å²) in [5.74, 6) is 3.59. The van der Waals surface area contributed by atoms with E-state index in [0.717, 1.165) is 28.7 Å². The second-order valence-corrected chi connectivity index (χ2v) is 8.27. The molecule has 35 heavy (non-hydrogen) atoms. The van der Waals surface area contributed by atoms with Gasteiger partial charge in [-0.25, -0.2) is 0 Å². The summed E-state index contributed by atoms with van der Waals surface area (Å²) in [6.45, 7) is 2.15. The van der Waals surface area contributed by atoms with Gasteiger partial charge in [-0.05, 0) is 66.3 Å². The molecule has 2 aromatic rings. The topological polar surface area (TPSA) is 72.5 Å². The molecule has 0 heterocycles. The van der Waals surface area contributed by atoms with Crippen LogP contribution >= 0.6 is 0 Å². The van der Waals surface area contributed by atoms with Crippen LogP contribution in [0.2, 0.25) is 0 Å². The lowest BCUT2D eigenvalue weighted by atomic mass is 9.78. The zero-order chi connectivity index (χ0) is 25.5. The highest BCUT2D eigenvalue weighted by Gasteiger charge is 2.27. The Kier molecular flexibility index (Phi) is 8.68. The van der Waals surface area contributed by atoms with Crippen LogP contribution in [0.5, 0.6) is 34.5 Å². The van der Waals surface area contributed by atoms with Crippen LogP contribution in [-0.4, -0.2) is 48.4 Å². The molecule has 2 aromatic carbocycles. The Morgan fingerprint density at radius 2 is 1.00 bits per heavy atom. The Hall–Kier alpha value is -3.61. The molecule has 0 saturated heterocycles. The van der Waals surface area contributed by atoms with Gasteiger partial charge in [0.25, 0.3) is 0 Å². The average molecular weight is 483 g/mol. The molecule has 0 aromatic heterocycles. The first-order valence-corrected chi connectivity index (χ1v) is 11.5. The number of ketones is 1. The number of allylic oxidation sites excluding steroid dienone is 2. The molecule has 0 bridgehead atoms. The summed E-state index contributed by atoms with van der Waals surface area (Å²) in [5, 5.41) is 0. The second-order valence-electron chi connectivity index (χ2n) is 8.27. The maximum atomic E-state index is 13.5. The molecule has 1 aliphatic rings. The second kappa shape index (κ2) is 11.7. The van der Waals surface area contributed by atoms with Crippen molar-refractivity contribution in [3.8, 4) is 34.5 Å². The molecule has 0 amide bonds. The maximum absolute atomic E-state index is 13.5. The van der Waals surface area contributed by atoms with Crippen molar-refractivity contribution in [2.24, 2.45) is 5.92 Å². The summed E-state index contributed by atoms with van der Waals surface area (Å²) in [6.07, 6.45) is 6.21. The molecule has 1 saturated carbocycles. The van der Waals surface area contributed by atoms with Gasteiger partial charge in [-0.15, -0.1) is 0 Å². The summed E-state index contributed by atoms with van der Waals surface area (Å²) in [4.78, 5) is 13.5. The van der Waals surface area contributed by atoms with Gasteiger partial charge in [0, 0.05) is 11.1 Å². The molecule has 0 radical (unpaired) electrons. The fourth-order valence-electron chi connectivity index (χ4n) is 4.40. The quantitative estimate of drug-likeness (QED) is 0.431. The Labute approximate surface area is 207 Å². The third-order valence-corrected chi connectivity index (χ3v) is 6.23. The molecule has 188 valence electrons. The molecule has 7 heteroatoms. The third kappa shape index (κ3) is 5.56. The number of hydrogen-bond donors (Lipinski definition) is 0. The molecular formula is C28H34O7. The standard InChI is InChI=1S/C28H34O7/c1-8-17-9-20(11-18-13-22(30-2)27(34-6)23(14-18)31-3)26(29)21(10-17)12-19-15-24(32-4)28(35-7)25(16-19)33-5/h11-17H,8-10H2,1-7H3. The smallest absolute Gasteiger partial charge is 0.203 e. The fourth-order valence-corrected chi connectivity index (χ4v) is 4.40. The number of ether oxygens (including phenoxy) is 6. The van der Waals surface area contributed by atoms with Gasteiger partial charge in [0.1, 0.15) is 0 Å². The van der Waals surface area contributed by atoms with Crippen LogP contribution in [0.1, 0.15) is 37.3 Å². The van der Waals surface area contributed by atoms with E-state index in [2.05, 4.69) is 6.92 Å². The minimum atomic E-state index is 0.0252. The summed E-state index contributed by atoms with van der Waals surface area (Å²) in [5.41, 5.74) is 3.12. The van der Waals surface area contributed by atoms with Gasteiger partial charge in [-0.1, -0.05) is 13.3 Å². The first kappa shape index (κ1) is 26.0. The Bertz CT molecular complexity index is 995. The zero-order valence-corrected chi connectivity index (χ0v) is 21.5. The van der Waals surface area contributed by atoms with Crippen LogP contribution < -0.4 is 28.4 Å². The minimum absolute atomic E-state index is 0.0252. The lowest BCUT2D eigenvalue weighted by Gasteiger charge is -2.25. The molecule has 0 aliphatic heterocycles.